The van der Waals surface area contributed by atoms with Crippen molar-refractivity contribution in [3.05, 3.63) is 58.6 Å². The number of furan rings is 1. The molecule has 2 heterocycles. The van der Waals surface area contributed by atoms with Gasteiger partial charge in [0.25, 0.3) is 0 Å². The quantitative estimate of drug-likeness (QED) is 0.425. The molecule has 0 bridgehead atoms. The van der Waals surface area contributed by atoms with Crippen LogP contribution >= 0.6 is 0 Å². The lowest BCUT2D eigenvalue weighted by atomic mass is 10.1. The van der Waals surface area contributed by atoms with Gasteiger partial charge in [0.15, 0.2) is 6.61 Å². The van der Waals surface area contributed by atoms with Crippen LogP contribution in [0, 0.1) is 13.8 Å². The van der Waals surface area contributed by atoms with Crippen LogP contribution in [-0.2, 0) is 22.6 Å². The number of nitrogens with zero attached hydrogens (tertiary/aromatic N) is 1. The fraction of sp³-hybridized carbons (Fsp3) is 0.364. The third kappa shape index (κ3) is 3.73. The van der Waals surface area contributed by atoms with Crippen molar-refractivity contribution in [2.75, 3.05) is 13.7 Å². The number of carbonyl (C=O) groups excluding carboxylic acids is 2. The first-order valence-corrected chi connectivity index (χ1v) is 9.34. The van der Waals surface area contributed by atoms with Gasteiger partial charge in [-0.25, -0.2) is 4.79 Å². The minimum absolute atomic E-state index is 0.0762. The molecule has 0 unspecified atom stereocenters. The second kappa shape index (κ2) is 8.44. The van der Waals surface area contributed by atoms with E-state index in [4.69, 9.17) is 13.9 Å². The average molecular weight is 383 g/mol. The molecule has 0 spiro atoms. The average Bonchev–Trinajstić information content (AvgIpc) is 3.19. The predicted octanol–water partition coefficient (Wildman–Crippen LogP) is 4.45. The standard InChI is InChI=1S/C22H25NO5/c1-5-10-23-14(2)11-17(15(23)3)19(24)13-27-22(25)21-18(12-26-4)16-8-6-7-9-20(16)28-21/h6-9,11H,5,10,12-13H2,1-4H3. The SMILES string of the molecule is CCCn1c(C)cc(C(=O)COC(=O)c2oc3ccccc3c2COC)c1C. The van der Waals surface area contributed by atoms with E-state index in [1.165, 1.54) is 0 Å². The molecule has 28 heavy (non-hydrogen) atoms. The number of rotatable bonds is 8. The Morgan fingerprint density at radius 2 is 1.93 bits per heavy atom. The molecule has 0 aliphatic heterocycles. The number of ketones is 1. The molecular formula is C22H25NO5. The Morgan fingerprint density at radius 1 is 1.18 bits per heavy atom. The summed E-state index contributed by atoms with van der Waals surface area (Å²) < 4.78 is 18.2. The Hall–Kier alpha value is -2.86. The van der Waals surface area contributed by atoms with E-state index >= 15 is 0 Å². The summed E-state index contributed by atoms with van der Waals surface area (Å²) in [7, 11) is 1.55. The monoisotopic (exact) mass is 383 g/mol. The van der Waals surface area contributed by atoms with Gasteiger partial charge in [-0.15, -0.1) is 0 Å². The summed E-state index contributed by atoms with van der Waals surface area (Å²) in [6.07, 6.45) is 0.979. The first kappa shape index (κ1) is 19.9. The number of aryl methyl sites for hydroxylation is 1. The third-order valence-electron chi connectivity index (χ3n) is 4.83. The number of hydrogen-bond donors (Lipinski definition) is 0. The Morgan fingerprint density at radius 3 is 2.64 bits per heavy atom. The van der Waals surface area contributed by atoms with Gasteiger partial charge >= 0.3 is 5.97 Å². The molecule has 3 rings (SSSR count). The number of para-hydroxylation sites is 1. The Labute approximate surface area is 164 Å². The van der Waals surface area contributed by atoms with Crippen molar-refractivity contribution in [2.45, 2.75) is 40.3 Å². The molecule has 148 valence electrons. The molecule has 0 aliphatic carbocycles. The number of benzene rings is 1. The zero-order chi connectivity index (χ0) is 20.3. The van der Waals surface area contributed by atoms with Gasteiger partial charge in [0.05, 0.1) is 6.61 Å². The molecule has 3 aromatic rings. The van der Waals surface area contributed by atoms with Crippen molar-refractivity contribution >= 4 is 22.7 Å². The summed E-state index contributed by atoms with van der Waals surface area (Å²) in [5, 5.41) is 0.797. The van der Waals surface area contributed by atoms with Gasteiger partial charge in [-0.3, -0.25) is 4.79 Å². The molecule has 0 saturated carbocycles. The van der Waals surface area contributed by atoms with Gasteiger partial charge in [0, 0.05) is 41.6 Å². The van der Waals surface area contributed by atoms with Crippen LogP contribution in [0.1, 0.15) is 51.2 Å². The lowest BCUT2D eigenvalue weighted by Crippen LogP contribution is -2.15. The molecular weight excluding hydrogens is 358 g/mol. The summed E-state index contributed by atoms with van der Waals surface area (Å²) >= 11 is 0. The van der Waals surface area contributed by atoms with E-state index in [9.17, 15) is 9.59 Å². The van der Waals surface area contributed by atoms with Crippen LogP contribution in [-0.4, -0.2) is 30.0 Å². The van der Waals surface area contributed by atoms with Gasteiger partial charge in [-0.2, -0.15) is 0 Å². The fourth-order valence-electron chi connectivity index (χ4n) is 3.48. The molecule has 0 amide bonds. The summed E-state index contributed by atoms with van der Waals surface area (Å²) in [4.78, 5) is 25.2. The lowest BCUT2D eigenvalue weighted by Gasteiger charge is -2.08. The van der Waals surface area contributed by atoms with Crippen LogP contribution in [0.3, 0.4) is 0 Å². The topological polar surface area (TPSA) is 70.7 Å². The molecule has 0 fully saturated rings. The van der Waals surface area contributed by atoms with Gasteiger partial charge < -0.3 is 18.5 Å². The highest BCUT2D eigenvalue weighted by Gasteiger charge is 2.23. The first-order valence-electron chi connectivity index (χ1n) is 9.34. The molecule has 6 heteroatoms. The van der Waals surface area contributed by atoms with Crippen LogP contribution in [0.5, 0.6) is 0 Å². The fourth-order valence-corrected chi connectivity index (χ4v) is 3.48. The Balaban J connectivity index is 1.77. The number of fused-ring (bicyclic) bond motifs is 1. The first-order chi connectivity index (χ1) is 13.5. The number of hydrogen-bond acceptors (Lipinski definition) is 5. The number of aromatic nitrogens is 1. The van der Waals surface area contributed by atoms with Gasteiger partial charge in [0.1, 0.15) is 5.58 Å². The maximum atomic E-state index is 12.6. The van der Waals surface area contributed by atoms with Crippen molar-refractivity contribution in [3.8, 4) is 0 Å². The zero-order valence-corrected chi connectivity index (χ0v) is 16.7. The molecule has 6 nitrogen and oxygen atoms in total. The summed E-state index contributed by atoms with van der Waals surface area (Å²) in [6, 6.07) is 9.17. The highest BCUT2D eigenvalue weighted by atomic mass is 16.5. The van der Waals surface area contributed by atoms with Gasteiger partial charge in [0.2, 0.25) is 11.5 Å². The minimum atomic E-state index is -0.668. The normalized spacial score (nSPS) is 11.1. The summed E-state index contributed by atoms with van der Waals surface area (Å²) in [5.74, 6) is -0.820. The van der Waals surface area contributed by atoms with Crippen LogP contribution in [0.15, 0.2) is 34.7 Å². The van der Waals surface area contributed by atoms with E-state index in [0.717, 1.165) is 29.7 Å². The Kier molecular flexibility index (Phi) is 5.99. The highest BCUT2D eigenvalue weighted by molar-refractivity contribution is 6.01. The van der Waals surface area contributed by atoms with Crippen molar-refractivity contribution < 1.29 is 23.5 Å². The molecule has 0 atom stereocenters. The second-order valence-electron chi connectivity index (χ2n) is 6.77. The largest absolute Gasteiger partial charge is 0.451 e. The highest BCUT2D eigenvalue weighted by Crippen LogP contribution is 2.27. The van der Waals surface area contributed by atoms with Crippen molar-refractivity contribution in [1.82, 2.24) is 4.57 Å². The van der Waals surface area contributed by atoms with Crippen LogP contribution in [0.2, 0.25) is 0 Å². The Bertz CT molecular complexity index is 1010. The van der Waals surface area contributed by atoms with Gasteiger partial charge in [-0.1, -0.05) is 25.1 Å². The third-order valence-corrected chi connectivity index (χ3v) is 4.83. The van der Waals surface area contributed by atoms with E-state index in [1.807, 2.05) is 38.1 Å². The maximum Gasteiger partial charge on any atom is 0.375 e. The molecule has 0 radical (unpaired) electrons. The minimum Gasteiger partial charge on any atom is -0.451 e. The van der Waals surface area contributed by atoms with Gasteiger partial charge in [-0.05, 0) is 32.4 Å². The van der Waals surface area contributed by atoms with Crippen LogP contribution in [0.4, 0.5) is 0 Å². The van der Waals surface area contributed by atoms with E-state index in [2.05, 4.69) is 11.5 Å². The van der Waals surface area contributed by atoms with E-state index < -0.39 is 5.97 Å². The van der Waals surface area contributed by atoms with E-state index in [0.29, 0.717) is 16.7 Å². The molecule has 2 aromatic heterocycles. The summed E-state index contributed by atoms with van der Waals surface area (Å²) in [5.41, 5.74) is 3.70. The number of ether oxygens (including phenoxy) is 2. The smallest absolute Gasteiger partial charge is 0.375 e. The second-order valence-corrected chi connectivity index (χ2v) is 6.77. The van der Waals surface area contributed by atoms with E-state index in [1.54, 1.807) is 13.2 Å². The maximum absolute atomic E-state index is 12.6. The summed E-state index contributed by atoms with van der Waals surface area (Å²) in [6.45, 7) is 6.70. The number of methoxy groups -OCH3 is 1. The van der Waals surface area contributed by atoms with Crippen LogP contribution in [0.25, 0.3) is 11.0 Å². The molecule has 0 N–H and O–H groups in total. The zero-order valence-electron chi connectivity index (χ0n) is 16.7. The molecule has 0 saturated heterocycles. The number of carbonyl (C=O) groups is 2. The molecule has 0 aliphatic rings. The lowest BCUT2D eigenvalue weighted by molar-refractivity contribution is 0.0441. The predicted molar refractivity (Wildman–Crippen MR) is 106 cm³/mol. The molecule has 1 aromatic carbocycles. The van der Waals surface area contributed by atoms with Crippen molar-refractivity contribution in [2.24, 2.45) is 0 Å². The van der Waals surface area contributed by atoms with Crippen LogP contribution < -0.4 is 0 Å². The van der Waals surface area contributed by atoms with Crippen molar-refractivity contribution in [3.63, 3.8) is 0 Å². The van der Waals surface area contributed by atoms with E-state index in [-0.39, 0.29) is 24.8 Å². The number of esters is 1. The van der Waals surface area contributed by atoms with Crippen molar-refractivity contribution in [1.29, 1.82) is 0 Å². The number of Topliss-reactive ketones (excluding diaryl/α,β-unsaturated/α-hetero) is 1.